The van der Waals surface area contributed by atoms with Gasteiger partial charge in [0.25, 0.3) is 0 Å². The van der Waals surface area contributed by atoms with Crippen LogP contribution in [-0.4, -0.2) is 12.8 Å². The molecular formula is C6H2BFN2. The lowest BCUT2D eigenvalue weighted by molar-refractivity contribution is 0.618. The number of aromatic nitrogens is 1. The molecule has 0 aliphatic heterocycles. The first-order valence-corrected chi connectivity index (χ1v) is 2.55. The lowest BCUT2D eigenvalue weighted by atomic mass is 10.0. The van der Waals surface area contributed by atoms with Gasteiger partial charge in [0, 0.05) is 0 Å². The highest BCUT2D eigenvalue weighted by molar-refractivity contribution is 6.30. The minimum atomic E-state index is -0.642. The SMILES string of the molecule is [B]c1cc(C#N)c(F)cn1. The molecule has 2 nitrogen and oxygen atoms in total. The third-order valence-electron chi connectivity index (χ3n) is 0.997. The van der Waals surface area contributed by atoms with E-state index in [0.717, 1.165) is 6.20 Å². The summed E-state index contributed by atoms with van der Waals surface area (Å²) in [6.07, 6.45) is 0.924. The van der Waals surface area contributed by atoms with Crippen molar-refractivity contribution in [2.45, 2.75) is 0 Å². The van der Waals surface area contributed by atoms with Crippen molar-refractivity contribution in [2.24, 2.45) is 0 Å². The van der Waals surface area contributed by atoms with Crippen molar-refractivity contribution in [3.63, 3.8) is 0 Å². The van der Waals surface area contributed by atoms with Gasteiger partial charge in [-0.25, -0.2) is 4.39 Å². The van der Waals surface area contributed by atoms with E-state index < -0.39 is 5.82 Å². The Morgan fingerprint density at radius 1 is 1.70 bits per heavy atom. The van der Waals surface area contributed by atoms with Gasteiger partial charge in [0.05, 0.1) is 11.8 Å². The third-order valence-corrected chi connectivity index (χ3v) is 0.997. The van der Waals surface area contributed by atoms with Crippen LogP contribution in [0.1, 0.15) is 5.56 Å². The van der Waals surface area contributed by atoms with E-state index in [-0.39, 0.29) is 11.2 Å². The molecule has 1 rings (SSSR count). The topological polar surface area (TPSA) is 36.7 Å². The average Bonchev–Trinajstić information content (AvgIpc) is 1.94. The molecule has 0 N–H and O–H groups in total. The monoisotopic (exact) mass is 132 g/mol. The van der Waals surface area contributed by atoms with Crippen LogP contribution in [0.4, 0.5) is 4.39 Å². The second kappa shape index (κ2) is 2.48. The summed E-state index contributed by atoms with van der Waals surface area (Å²) in [6, 6.07) is 2.83. The first-order valence-electron chi connectivity index (χ1n) is 2.55. The predicted molar refractivity (Wildman–Crippen MR) is 34.3 cm³/mol. The van der Waals surface area contributed by atoms with Gasteiger partial charge in [-0.1, -0.05) is 0 Å². The average molecular weight is 132 g/mol. The van der Waals surface area contributed by atoms with Crippen LogP contribution in [0, 0.1) is 17.1 Å². The van der Waals surface area contributed by atoms with Gasteiger partial charge in [0.2, 0.25) is 0 Å². The van der Waals surface area contributed by atoms with E-state index in [1.54, 1.807) is 6.07 Å². The van der Waals surface area contributed by atoms with Gasteiger partial charge in [-0.05, 0) is 11.7 Å². The lowest BCUT2D eigenvalue weighted by Crippen LogP contribution is -2.08. The molecular weight excluding hydrogens is 130 g/mol. The van der Waals surface area contributed by atoms with Gasteiger partial charge in [-0.3, -0.25) is 4.98 Å². The van der Waals surface area contributed by atoms with Crippen molar-refractivity contribution in [1.29, 1.82) is 5.26 Å². The van der Waals surface area contributed by atoms with Crippen molar-refractivity contribution < 1.29 is 4.39 Å². The Morgan fingerprint density at radius 2 is 2.40 bits per heavy atom. The van der Waals surface area contributed by atoms with E-state index in [9.17, 15) is 4.39 Å². The Labute approximate surface area is 58.7 Å². The van der Waals surface area contributed by atoms with Crippen LogP contribution in [0.5, 0.6) is 0 Å². The highest BCUT2D eigenvalue weighted by atomic mass is 19.1. The number of hydrogen-bond donors (Lipinski definition) is 0. The first-order chi connectivity index (χ1) is 4.74. The third kappa shape index (κ3) is 1.13. The molecule has 10 heavy (non-hydrogen) atoms. The number of halogens is 1. The van der Waals surface area contributed by atoms with Gasteiger partial charge < -0.3 is 0 Å². The summed E-state index contributed by atoms with van der Waals surface area (Å²) < 4.78 is 12.4. The van der Waals surface area contributed by atoms with Crippen LogP contribution in [-0.2, 0) is 0 Å². The zero-order chi connectivity index (χ0) is 7.56. The Balaban J connectivity index is 3.25. The standard InChI is InChI=1S/C6H2BFN2/c7-6-1-4(2-9)5(8)3-10-6/h1,3H. The molecule has 4 heteroatoms. The molecule has 0 fully saturated rings. The lowest BCUT2D eigenvalue weighted by Gasteiger charge is -1.92. The summed E-state index contributed by atoms with van der Waals surface area (Å²) in [5.74, 6) is -0.642. The fourth-order valence-electron chi connectivity index (χ4n) is 0.541. The molecule has 0 aromatic carbocycles. The van der Waals surface area contributed by atoms with Gasteiger partial charge in [0.1, 0.15) is 13.9 Å². The summed E-state index contributed by atoms with van der Waals surface area (Å²) in [5.41, 5.74) is 0.0745. The van der Waals surface area contributed by atoms with Crippen LogP contribution in [0.15, 0.2) is 12.3 Å². The molecule has 0 saturated carbocycles. The van der Waals surface area contributed by atoms with Gasteiger partial charge in [-0.2, -0.15) is 5.26 Å². The van der Waals surface area contributed by atoms with Crippen molar-refractivity contribution >= 4 is 13.4 Å². The molecule has 0 aliphatic rings. The normalized spacial score (nSPS) is 8.80. The molecule has 0 unspecified atom stereocenters. The molecule has 1 heterocycles. The highest BCUT2D eigenvalue weighted by Gasteiger charge is 1.99. The molecule has 0 spiro atoms. The molecule has 2 radical (unpaired) electrons. The van der Waals surface area contributed by atoms with E-state index in [2.05, 4.69) is 4.98 Å². The molecule has 0 atom stereocenters. The Morgan fingerprint density at radius 3 is 2.90 bits per heavy atom. The maximum absolute atomic E-state index is 12.4. The Kier molecular flexibility index (Phi) is 1.68. The van der Waals surface area contributed by atoms with E-state index in [4.69, 9.17) is 13.1 Å². The van der Waals surface area contributed by atoms with Crippen LogP contribution >= 0.6 is 0 Å². The maximum Gasteiger partial charge on any atom is 0.159 e. The van der Waals surface area contributed by atoms with Gasteiger partial charge in [0.15, 0.2) is 5.82 Å². The quantitative estimate of drug-likeness (QED) is 0.461. The number of pyridine rings is 1. The summed E-state index contributed by atoms with van der Waals surface area (Å²) in [5, 5.41) is 8.27. The van der Waals surface area contributed by atoms with Crippen LogP contribution in [0.2, 0.25) is 0 Å². The molecule has 0 bridgehead atoms. The second-order valence-electron chi connectivity index (χ2n) is 1.70. The summed E-state index contributed by atoms with van der Waals surface area (Å²) in [7, 11) is 5.17. The van der Waals surface area contributed by atoms with E-state index in [1.807, 2.05) is 0 Å². The number of nitriles is 1. The summed E-state index contributed by atoms with van der Waals surface area (Å²) in [6.45, 7) is 0. The largest absolute Gasteiger partial charge is 0.270 e. The molecule has 0 aliphatic carbocycles. The first kappa shape index (κ1) is 6.75. The zero-order valence-electron chi connectivity index (χ0n) is 5.00. The summed E-state index contributed by atoms with van der Waals surface area (Å²) in [4.78, 5) is 3.44. The van der Waals surface area contributed by atoms with Gasteiger partial charge in [-0.15, -0.1) is 0 Å². The molecule has 0 amide bonds. The number of nitrogens with zero attached hydrogens (tertiary/aromatic N) is 2. The van der Waals surface area contributed by atoms with Crippen molar-refractivity contribution in [3.05, 3.63) is 23.6 Å². The van der Waals surface area contributed by atoms with Crippen molar-refractivity contribution in [2.75, 3.05) is 0 Å². The Bertz CT molecular complexity index is 292. The van der Waals surface area contributed by atoms with Crippen molar-refractivity contribution in [3.8, 4) is 6.07 Å². The fraction of sp³-hybridized carbons (Fsp3) is 0. The number of hydrogen-bond acceptors (Lipinski definition) is 2. The van der Waals surface area contributed by atoms with E-state index in [1.165, 1.54) is 6.07 Å². The predicted octanol–water partition coefficient (Wildman–Crippen LogP) is -0.114. The van der Waals surface area contributed by atoms with Crippen LogP contribution in [0.25, 0.3) is 0 Å². The molecule has 46 valence electrons. The van der Waals surface area contributed by atoms with Crippen molar-refractivity contribution in [1.82, 2.24) is 4.98 Å². The minimum absolute atomic E-state index is 0.0764. The molecule has 0 saturated heterocycles. The van der Waals surface area contributed by atoms with Gasteiger partial charge >= 0.3 is 0 Å². The smallest absolute Gasteiger partial charge is 0.159 e. The van der Waals surface area contributed by atoms with E-state index in [0.29, 0.717) is 0 Å². The second-order valence-corrected chi connectivity index (χ2v) is 1.70. The van der Waals surface area contributed by atoms with E-state index >= 15 is 0 Å². The summed E-state index contributed by atoms with van der Waals surface area (Å²) >= 11 is 0. The number of rotatable bonds is 0. The minimum Gasteiger partial charge on any atom is -0.270 e. The zero-order valence-corrected chi connectivity index (χ0v) is 5.00. The highest BCUT2D eigenvalue weighted by Crippen LogP contribution is 1.98. The molecule has 1 aromatic rings. The Hall–Kier alpha value is -1.37. The molecule has 1 aromatic heterocycles. The fourth-order valence-corrected chi connectivity index (χ4v) is 0.541. The van der Waals surface area contributed by atoms with Crippen LogP contribution in [0.3, 0.4) is 0 Å². The van der Waals surface area contributed by atoms with Crippen LogP contribution < -0.4 is 5.59 Å². The maximum atomic E-state index is 12.4.